The van der Waals surface area contributed by atoms with Crippen LogP contribution in [0.15, 0.2) is 28.9 Å². The van der Waals surface area contributed by atoms with E-state index in [-0.39, 0.29) is 0 Å². The van der Waals surface area contributed by atoms with E-state index < -0.39 is 0 Å². The molecule has 0 aliphatic heterocycles. The maximum Gasteiger partial charge on any atom is 0.126 e. The second-order valence-electron chi connectivity index (χ2n) is 3.43. The molecule has 0 aliphatic carbocycles. The zero-order chi connectivity index (χ0) is 11.5. The van der Waals surface area contributed by atoms with Crippen LogP contribution in [0.2, 0.25) is 0 Å². The van der Waals surface area contributed by atoms with Crippen LogP contribution in [0, 0.1) is 0 Å². The number of hydrogen-bond acceptors (Lipinski definition) is 3. The molecule has 0 aliphatic rings. The average Bonchev–Trinajstić information content (AvgIpc) is 2.67. The highest BCUT2D eigenvalue weighted by molar-refractivity contribution is 9.10. The van der Waals surface area contributed by atoms with Crippen LogP contribution in [0.5, 0.6) is 0 Å². The highest BCUT2D eigenvalue weighted by Crippen LogP contribution is 2.30. The van der Waals surface area contributed by atoms with E-state index in [0.717, 1.165) is 21.2 Å². The van der Waals surface area contributed by atoms with Crippen molar-refractivity contribution in [1.82, 2.24) is 10.2 Å². The van der Waals surface area contributed by atoms with E-state index in [2.05, 4.69) is 26.1 Å². The summed E-state index contributed by atoms with van der Waals surface area (Å²) in [6, 6.07) is 6.00. The molecule has 0 amide bonds. The monoisotopic (exact) mass is 281 g/mol. The lowest BCUT2D eigenvalue weighted by Gasteiger charge is -2.08. The number of hydrogen-bond donors (Lipinski definition) is 2. The van der Waals surface area contributed by atoms with Crippen LogP contribution < -0.4 is 5.73 Å². The first-order valence-corrected chi connectivity index (χ1v) is 5.58. The number of benzene rings is 1. The van der Waals surface area contributed by atoms with E-state index in [1.807, 2.05) is 18.2 Å². The summed E-state index contributed by atoms with van der Waals surface area (Å²) in [4.78, 5) is 0. The van der Waals surface area contributed by atoms with Crippen molar-refractivity contribution in [2.45, 2.75) is 6.61 Å². The van der Waals surface area contributed by atoms with Gasteiger partial charge in [0.1, 0.15) is 5.82 Å². The van der Waals surface area contributed by atoms with Crippen molar-refractivity contribution < 1.29 is 4.74 Å². The highest BCUT2D eigenvalue weighted by atomic mass is 79.9. The lowest BCUT2D eigenvalue weighted by atomic mass is 10.0. The Balaban J connectivity index is 2.53. The van der Waals surface area contributed by atoms with Crippen molar-refractivity contribution >= 4 is 21.7 Å². The summed E-state index contributed by atoms with van der Waals surface area (Å²) in [6.07, 6.45) is 1.72. The van der Waals surface area contributed by atoms with Gasteiger partial charge in [0.2, 0.25) is 0 Å². The van der Waals surface area contributed by atoms with Crippen LogP contribution in [0.3, 0.4) is 0 Å². The molecule has 4 nitrogen and oxygen atoms in total. The molecule has 84 valence electrons. The van der Waals surface area contributed by atoms with Crippen molar-refractivity contribution in [2.75, 3.05) is 12.8 Å². The van der Waals surface area contributed by atoms with Gasteiger partial charge in [0.15, 0.2) is 0 Å². The minimum Gasteiger partial charge on any atom is -0.384 e. The molecule has 0 bridgehead atoms. The fourth-order valence-corrected chi connectivity index (χ4v) is 1.95. The van der Waals surface area contributed by atoms with Gasteiger partial charge in [0.05, 0.1) is 12.8 Å². The second-order valence-corrected chi connectivity index (χ2v) is 4.35. The standard InChI is InChI=1S/C11H12BrN3O/c1-16-6-7-2-3-8(12)4-9(7)10-5-14-15-11(10)13/h2-5H,6H2,1H3,(H3,13,14,15). The minimum absolute atomic E-state index is 0.549. The number of halogens is 1. The Morgan fingerprint density at radius 1 is 1.44 bits per heavy atom. The normalized spacial score (nSPS) is 10.6. The van der Waals surface area contributed by atoms with E-state index in [1.54, 1.807) is 13.3 Å². The summed E-state index contributed by atoms with van der Waals surface area (Å²) >= 11 is 3.45. The van der Waals surface area contributed by atoms with Gasteiger partial charge in [0.25, 0.3) is 0 Å². The fourth-order valence-electron chi connectivity index (χ4n) is 1.59. The Morgan fingerprint density at radius 2 is 2.25 bits per heavy atom. The third-order valence-electron chi connectivity index (χ3n) is 2.33. The van der Waals surface area contributed by atoms with Crippen LogP contribution in [0.25, 0.3) is 11.1 Å². The first-order chi connectivity index (χ1) is 7.72. The van der Waals surface area contributed by atoms with Crippen molar-refractivity contribution in [3.05, 3.63) is 34.4 Å². The Kier molecular flexibility index (Phi) is 3.26. The molecule has 1 heterocycles. The topological polar surface area (TPSA) is 63.9 Å². The summed E-state index contributed by atoms with van der Waals surface area (Å²) in [6.45, 7) is 0.549. The fraction of sp³-hybridized carbons (Fsp3) is 0.182. The third kappa shape index (κ3) is 2.10. The van der Waals surface area contributed by atoms with Gasteiger partial charge >= 0.3 is 0 Å². The minimum atomic E-state index is 0.549. The highest BCUT2D eigenvalue weighted by Gasteiger charge is 2.10. The summed E-state index contributed by atoms with van der Waals surface area (Å²) < 4.78 is 6.16. The molecule has 0 fully saturated rings. The number of aromatic amines is 1. The molecule has 1 aromatic heterocycles. The average molecular weight is 282 g/mol. The largest absolute Gasteiger partial charge is 0.384 e. The van der Waals surface area contributed by atoms with Crippen molar-refractivity contribution in [3.8, 4) is 11.1 Å². The number of H-pyrrole nitrogens is 1. The number of nitrogens with two attached hydrogens (primary N) is 1. The summed E-state index contributed by atoms with van der Waals surface area (Å²) in [7, 11) is 1.67. The maximum absolute atomic E-state index is 5.81. The molecular formula is C11H12BrN3O. The predicted octanol–water partition coefficient (Wildman–Crippen LogP) is 2.57. The van der Waals surface area contributed by atoms with Crippen LogP contribution in [0.1, 0.15) is 5.56 Å². The van der Waals surface area contributed by atoms with Gasteiger partial charge in [-0.1, -0.05) is 22.0 Å². The number of ether oxygens (including phenoxy) is 1. The first-order valence-electron chi connectivity index (χ1n) is 4.79. The van der Waals surface area contributed by atoms with E-state index >= 15 is 0 Å². The molecular weight excluding hydrogens is 270 g/mol. The molecule has 1 aromatic carbocycles. The number of nitrogens with zero attached hydrogens (tertiary/aromatic N) is 1. The number of aromatic nitrogens is 2. The Hall–Kier alpha value is -1.33. The molecule has 0 radical (unpaired) electrons. The van der Waals surface area contributed by atoms with Gasteiger partial charge in [-0.15, -0.1) is 0 Å². The van der Waals surface area contributed by atoms with Gasteiger partial charge in [-0.25, -0.2) is 0 Å². The lowest BCUT2D eigenvalue weighted by molar-refractivity contribution is 0.185. The summed E-state index contributed by atoms with van der Waals surface area (Å²) in [5, 5.41) is 6.65. The lowest BCUT2D eigenvalue weighted by Crippen LogP contribution is -1.94. The maximum atomic E-state index is 5.81. The van der Waals surface area contributed by atoms with Gasteiger partial charge < -0.3 is 10.5 Å². The quantitative estimate of drug-likeness (QED) is 0.909. The van der Waals surface area contributed by atoms with Crippen LogP contribution in [-0.2, 0) is 11.3 Å². The molecule has 0 saturated heterocycles. The number of nitrogens with one attached hydrogen (secondary N) is 1. The molecule has 0 spiro atoms. The molecule has 3 N–H and O–H groups in total. The number of methoxy groups -OCH3 is 1. The molecule has 16 heavy (non-hydrogen) atoms. The molecule has 0 saturated carbocycles. The van der Waals surface area contributed by atoms with Crippen LogP contribution in [-0.4, -0.2) is 17.3 Å². The smallest absolute Gasteiger partial charge is 0.126 e. The second kappa shape index (κ2) is 4.67. The predicted molar refractivity (Wildman–Crippen MR) is 66.8 cm³/mol. The Bertz CT molecular complexity index is 496. The van der Waals surface area contributed by atoms with Gasteiger partial charge in [-0.3, -0.25) is 5.10 Å². The number of rotatable bonds is 3. The molecule has 0 unspecified atom stereocenters. The Morgan fingerprint density at radius 3 is 2.88 bits per heavy atom. The summed E-state index contributed by atoms with van der Waals surface area (Å²) in [5.41, 5.74) is 8.82. The van der Waals surface area contributed by atoms with Gasteiger partial charge in [0, 0.05) is 17.1 Å². The van der Waals surface area contributed by atoms with Gasteiger partial charge in [-0.2, -0.15) is 5.10 Å². The summed E-state index contributed by atoms with van der Waals surface area (Å²) in [5.74, 6) is 0.565. The molecule has 0 atom stereocenters. The third-order valence-corrected chi connectivity index (χ3v) is 2.82. The van der Waals surface area contributed by atoms with E-state index in [9.17, 15) is 0 Å². The van der Waals surface area contributed by atoms with Crippen LogP contribution >= 0.6 is 15.9 Å². The first kappa shape index (κ1) is 11.2. The zero-order valence-electron chi connectivity index (χ0n) is 8.83. The Labute approximate surface area is 102 Å². The van der Waals surface area contributed by atoms with E-state index in [0.29, 0.717) is 12.4 Å². The molecule has 2 rings (SSSR count). The van der Waals surface area contributed by atoms with Crippen molar-refractivity contribution in [3.63, 3.8) is 0 Å². The molecule has 5 heteroatoms. The van der Waals surface area contributed by atoms with Gasteiger partial charge in [-0.05, 0) is 23.3 Å². The number of nitrogen functional groups attached to an aromatic ring is 1. The van der Waals surface area contributed by atoms with Crippen molar-refractivity contribution in [2.24, 2.45) is 0 Å². The van der Waals surface area contributed by atoms with Crippen LogP contribution in [0.4, 0.5) is 5.82 Å². The zero-order valence-corrected chi connectivity index (χ0v) is 10.4. The van der Waals surface area contributed by atoms with Crippen molar-refractivity contribution in [1.29, 1.82) is 0 Å². The molecule has 2 aromatic rings. The SMILES string of the molecule is COCc1ccc(Br)cc1-c1cn[nH]c1N. The van der Waals surface area contributed by atoms with E-state index in [4.69, 9.17) is 10.5 Å². The number of anilines is 1. The van der Waals surface area contributed by atoms with E-state index in [1.165, 1.54) is 0 Å².